The van der Waals surface area contributed by atoms with E-state index in [0.717, 1.165) is 0 Å². The molecule has 12 nitrogen and oxygen atoms in total. The Labute approximate surface area is 180 Å². The highest BCUT2D eigenvalue weighted by Gasteiger charge is 2.21. The largest absolute Gasteiger partial charge is 0.481 e. The summed E-state index contributed by atoms with van der Waals surface area (Å²) in [6, 6.07) is -2.13. The van der Waals surface area contributed by atoms with Crippen LogP contribution in [0, 0.1) is 0 Å². The number of esters is 2. The van der Waals surface area contributed by atoms with E-state index >= 15 is 0 Å². The molecule has 0 heterocycles. The molecule has 0 fully saturated rings. The number of rotatable bonds is 13. The van der Waals surface area contributed by atoms with Crippen molar-refractivity contribution < 1.29 is 43.7 Å². The van der Waals surface area contributed by atoms with E-state index in [-0.39, 0.29) is 31.4 Å². The van der Waals surface area contributed by atoms with Gasteiger partial charge >= 0.3 is 23.9 Å². The van der Waals surface area contributed by atoms with E-state index in [9.17, 15) is 24.0 Å². The maximum absolute atomic E-state index is 11.5. The van der Waals surface area contributed by atoms with Gasteiger partial charge in [0.2, 0.25) is 5.91 Å². The molecule has 5 N–H and O–H groups in total. The van der Waals surface area contributed by atoms with Crippen LogP contribution in [-0.4, -0.2) is 92.2 Å². The second-order valence-electron chi connectivity index (χ2n) is 5.84. The van der Waals surface area contributed by atoms with Crippen molar-refractivity contribution in [2.75, 3.05) is 34.1 Å². The fourth-order valence-electron chi connectivity index (χ4n) is 2.04. The predicted molar refractivity (Wildman–Crippen MR) is 109 cm³/mol. The number of methoxy groups -OCH3 is 2. The molecule has 0 radical (unpaired) electrons. The highest BCUT2D eigenvalue weighted by atomic mass is 32.1. The lowest BCUT2D eigenvalue weighted by Crippen LogP contribution is -2.43. The molecule has 0 aliphatic rings. The molecule has 0 saturated heterocycles. The molecule has 0 aromatic carbocycles. The van der Waals surface area contributed by atoms with Crippen LogP contribution in [0.25, 0.3) is 0 Å². The molecule has 174 valence electrons. The van der Waals surface area contributed by atoms with E-state index in [0.29, 0.717) is 0 Å². The normalized spacial score (nSPS) is 13.0. The van der Waals surface area contributed by atoms with Gasteiger partial charge in [0.1, 0.15) is 18.1 Å². The van der Waals surface area contributed by atoms with Crippen molar-refractivity contribution in [3.8, 4) is 0 Å². The average molecular weight is 454 g/mol. The lowest BCUT2D eigenvalue weighted by Gasteiger charge is -2.15. The summed E-state index contributed by atoms with van der Waals surface area (Å²) < 4.78 is 8.98. The van der Waals surface area contributed by atoms with E-state index in [1.54, 1.807) is 14.1 Å². The van der Waals surface area contributed by atoms with Gasteiger partial charge in [-0.05, 0) is 26.9 Å². The van der Waals surface area contributed by atoms with E-state index in [1.165, 1.54) is 14.2 Å². The maximum atomic E-state index is 11.5. The third-order valence-corrected chi connectivity index (χ3v) is 4.16. The Kier molecular flexibility index (Phi) is 17.4. The monoisotopic (exact) mass is 453 g/mol. The number of amides is 1. The van der Waals surface area contributed by atoms with Gasteiger partial charge < -0.3 is 35.6 Å². The Morgan fingerprint density at radius 2 is 1.27 bits per heavy atom. The van der Waals surface area contributed by atoms with Crippen molar-refractivity contribution in [3.05, 3.63) is 0 Å². The second kappa shape index (κ2) is 17.5. The first kappa shape index (κ1) is 29.8. The maximum Gasteiger partial charge on any atom is 0.327 e. The van der Waals surface area contributed by atoms with Gasteiger partial charge in [-0.2, -0.15) is 12.6 Å². The fraction of sp³-hybridized carbons (Fsp3) is 0.706. The SMILES string of the molecule is CN[C@@H](CCC(=O)N[C@@H](CS)C(=O)O)C(=O)OC.CN[C@@H](CCC(=O)O)C(=O)OC. The first-order valence-corrected chi connectivity index (χ1v) is 9.56. The number of carbonyl (C=O) groups is 5. The van der Waals surface area contributed by atoms with Crippen LogP contribution in [-0.2, 0) is 33.4 Å². The zero-order chi connectivity index (χ0) is 23.7. The molecule has 13 heteroatoms. The van der Waals surface area contributed by atoms with Gasteiger partial charge in [0, 0.05) is 18.6 Å². The molecular formula is C17H31N3O9S. The van der Waals surface area contributed by atoms with E-state index in [1.807, 2.05) is 0 Å². The molecule has 0 bridgehead atoms. The van der Waals surface area contributed by atoms with Crippen LogP contribution in [0.2, 0.25) is 0 Å². The predicted octanol–water partition coefficient (Wildman–Crippen LogP) is -1.36. The van der Waals surface area contributed by atoms with E-state index in [2.05, 4.69) is 38.1 Å². The Morgan fingerprint density at radius 3 is 1.57 bits per heavy atom. The lowest BCUT2D eigenvalue weighted by atomic mass is 10.1. The van der Waals surface area contributed by atoms with Gasteiger partial charge in [0.05, 0.1) is 14.2 Å². The molecule has 30 heavy (non-hydrogen) atoms. The first-order chi connectivity index (χ1) is 14.1. The summed E-state index contributed by atoms with van der Waals surface area (Å²) in [5.74, 6) is -3.39. The number of ether oxygens (including phenoxy) is 2. The van der Waals surface area contributed by atoms with Crippen LogP contribution >= 0.6 is 12.6 Å². The summed E-state index contributed by atoms with van der Waals surface area (Å²) in [6.45, 7) is 0. The molecule has 0 aromatic heterocycles. The van der Waals surface area contributed by atoms with Crippen LogP contribution in [0.5, 0.6) is 0 Å². The van der Waals surface area contributed by atoms with Crippen LogP contribution in [0.3, 0.4) is 0 Å². The van der Waals surface area contributed by atoms with Crippen LogP contribution in [0.1, 0.15) is 25.7 Å². The minimum absolute atomic E-state index is 0.00747. The summed E-state index contributed by atoms with van der Waals surface area (Å²) in [4.78, 5) is 54.4. The molecule has 0 aliphatic heterocycles. The van der Waals surface area contributed by atoms with E-state index < -0.39 is 47.9 Å². The number of likely N-dealkylation sites (N-methyl/N-ethyl adjacent to an activating group) is 2. The molecule has 0 unspecified atom stereocenters. The Hall–Kier alpha value is -2.38. The average Bonchev–Trinajstić information content (AvgIpc) is 2.72. The van der Waals surface area contributed by atoms with Crippen LogP contribution < -0.4 is 16.0 Å². The summed E-state index contributed by atoms with van der Waals surface area (Å²) in [5.41, 5.74) is 0. The summed E-state index contributed by atoms with van der Waals surface area (Å²) in [5, 5.41) is 24.7. The molecule has 3 atom stereocenters. The minimum atomic E-state index is -1.14. The number of hydrogen-bond donors (Lipinski definition) is 6. The zero-order valence-electron chi connectivity index (χ0n) is 17.5. The Morgan fingerprint density at radius 1 is 0.833 bits per heavy atom. The van der Waals surface area contributed by atoms with Crippen molar-refractivity contribution in [1.82, 2.24) is 16.0 Å². The van der Waals surface area contributed by atoms with Gasteiger partial charge in [-0.1, -0.05) is 0 Å². The smallest absolute Gasteiger partial charge is 0.327 e. The quantitative estimate of drug-likeness (QED) is 0.143. The number of thiol groups is 1. The van der Waals surface area contributed by atoms with E-state index in [4.69, 9.17) is 10.2 Å². The fourth-order valence-corrected chi connectivity index (χ4v) is 2.29. The van der Waals surface area contributed by atoms with Gasteiger partial charge in [-0.25, -0.2) is 4.79 Å². The van der Waals surface area contributed by atoms with Crippen molar-refractivity contribution >= 4 is 42.4 Å². The molecule has 1 amide bonds. The third-order valence-electron chi connectivity index (χ3n) is 3.79. The number of nitrogens with one attached hydrogen (secondary N) is 3. The Balaban J connectivity index is 0. The number of carbonyl (C=O) groups excluding carboxylic acids is 3. The van der Waals surface area contributed by atoms with Crippen molar-refractivity contribution in [2.45, 2.75) is 43.8 Å². The number of carboxylic acids is 2. The standard InChI is InChI=1S/C10H18N2O5S.C7H13NO4/c1-11-6(10(16)17-2)3-4-8(13)12-7(5-18)9(14)15;1-8-5(7(11)12-2)3-4-6(9)10/h6-7,11,18H,3-5H2,1-2H3,(H,12,13)(H,14,15);5,8H,3-4H2,1-2H3,(H,9,10)/t6-,7-;5-/m00/s1. The molecule has 0 spiro atoms. The third kappa shape index (κ3) is 13.7. The van der Waals surface area contributed by atoms with Crippen molar-refractivity contribution in [3.63, 3.8) is 0 Å². The summed E-state index contributed by atoms with van der Waals surface area (Å²) in [6.07, 6.45) is 0.463. The topological polar surface area (TPSA) is 180 Å². The Bertz CT molecular complexity index is 575. The molecule has 0 aromatic rings. The number of carboxylic acid groups (broad SMARTS) is 2. The molecule has 0 aliphatic carbocycles. The molecular weight excluding hydrogens is 422 g/mol. The van der Waals surface area contributed by atoms with Gasteiger partial charge in [-0.15, -0.1) is 0 Å². The first-order valence-electron chi connectivity index (χ1n) is 8.92. The summed E-state index contributed by atoms with van der Waals surface area (Å²) in [7, 11) is 5.69. The lowest BCUT2D eigenvalue weighted by molar-refractivity contribution is -0.144. The van der Waals surface area contributed by atoms with Crippen molar-refractivity contribution in [2.24, 2.45) is 0 Å². The second-order valence-corrected chi connectivity index (χ2v) is 6.21. The highest BCUT2D eigenvalue weighted by molar-refractivity contribution is 7.80. The van der Waals surface area contributed by atoms with Gasteiger partial charge in [0.25, 0.3) is 0 Å². The van der Waals surface area contributed by atoms with Gasteiger partial charge in [-0.3, -0.25) is 19.2 Å². The molecule has 0 rings (SSSR count). The number of hydrogen-bond acceptors (Lipinski definition) is 10. The number of aliphatic carboxylic acids is 2. The van der Waals surface area contributed by atoms with Crippen molar-refractivity contribution in [1.29, 1.82) is 0 Å². The minimum Gasteiger partial charge on any atom is -0.481 e. The van der Waals surface area contributed by atoms with Crippen LogP contribution in [0.15, 0.2) is 0 Å². The van der Waals surface area contributed by atoms with Crippen LogP contribution in [0.4, 0.5) is 0 Å². The summed E-state index contributed by atoms with van der Waals surface area (Å²) >= 11 is 3.82. The van der Waals surface area contributed by atoms with Gasteiger partial charge in [0.15, 0.2) is 0 Å². The highest BCUT2D eigenvalue weighted by Crippen LogP contribution is 2.00. The zero-order valence-corrected chi connectivity index (χ0v) is 18.4. The molecule has 0 saturated carbocycles.